The lowest BCUT2D eigenvalue weighted by atomic mass is 10.1. The van der Waals surface area contributed by atoms with Gasteiger partial charge in [-0.3, -0.25) is 9.59 Å². The summed E-state index contributed by atoms with van der Waals surface area (Å²) in [6.45, 7) is 7.35. The molecule has 0 spiro atoms. The molecule has 33 heavy (non-hydrogen) atoms. The van der Waals surface area contributed by atoms with Crippen LogP contribution < -0.4 is 20.7 Å². The number of benzene rings is 2. The van der Waals surface area contributed by atoms with Crippen LogP contribution in [0.25, 0.3) is 0 Å². The monoisotopic (exact) mass is 455 g/mol. The number of amides is 3. The highest BCUT2D eigenvalue weighted by Gasteiger charge is 2.16. The lowest BCUT2D eigenvalue weighted by Crippen LogP contribution is -2.37. The van der Waals surface area contributed by atoms with Crippen molar-refractivity contribution in [2.24, 2.45) is 0 Å². The van der Waals surface area contributed by atoms with Crippen molar-refractivity contribution >= 4 is 23.6 Å². The van der Waals surface area contributed by atoms with Crippen LogP contribution in [0.15, 0.2) is 48.5 Å². The predicted molar refractivity (Wildman–Crippen MR) is 127 cm³/mol. The summed E-state index contributed by atoms with van der Waals surface area (Å²) in [6.07, 6.45) is 1.44. The molecule has 178 valence electrons. The number of anilines is 1. The molecule has 0 heterocycles. The Hall–Kier alpha value is -3.55. The Kier molecular flexibility index (Phi) is 9.72. The first-order valence-electron chi connectivity index (χ1n) is 11.0. The average molecular weight is 456 g/mol. The number of aryl methyl sites for hydroxylation is 1. The van der Waals surface area contributed by atoms with Gasteiger partial charge in [-0.2, -0.15) is 0 Å². The first-order chi connectivity index (χ1) is 15.6. The number of hydrogen-bond donors (Lipinski definition) is 3. The Bertz CT molecular complexity index is 936. The molecule has 0 aliphatic carbocycles. The minimum absolute atomic E-state index is 0.0834. The van der Waals surface area contributed by atoms with Crippen LogP contribution in [0.2, 0.25) is 0 Å². The topological polar surface area (TPSA) is 106 Å². The molecule has 0 aliphatic rings. The van der Waals surface area contributed by atoms with Crippen LogP contribution in [0.3, 0.4) is 0 Å². The van der Waals surface area contributed by atoms with E-state index in [1.165, 1.54) is 5.56 Å². The third kappa shape index (κ3) is 10.5. The summed E-state index contributed by atoms with van der Waals surface area (Å²) < 4.78 is 10.6. The van der Waals surface area contributed by atoms with Gasteiger partial charge >= 0.3 is 6.09 Å². The molecule has 0 bridgehead atoms. The molecule has 2 rings (SSSR count). The molecule has 3 N–H and O–H groups in total. The third-order valence-corrected chi connectivity index (χ3v) is 4.32. The highest BCUT2D eigenvalue weighted by atomic mass is 16.6. The van der Waals surface area contributed by atoms with Crippen molar-refractivity contribution in [3.8, 4) is 5.75 Å². The molecule has 0 saturated heterocycles. The Morgan fingerprint density at radius 3 is 2.30 bits per heavy atom. The van der Waals surface area contributed by atoms with Gasteiger partial charge in [0.05, 0.1) is 0 Å². The van der Waals surface area contributed by atoms with Gasteiger partial charge in [0.15, 0.2) is 6.61 Å². The second-order valence-corrected chi connectivity index (χ2v) is 8.56. The number of carbonyl (C=O) groups excluding carboxylic acids is 3. The summed E-state index contributed by atoms with van der Waals surface area (Å²) in [6, 6.07) is 14.8. The van der Waals surface area contributed by atoms with Gasteiger partial charge < -0.3 is 25.4 Å². The van der Waals surface area contributed by atoms with Crippen molar-refractivity contribution in [2.45, 2.75) is 52.7 Å². The van der Waals surface area contributed by atoms with Crippen LogP contribution in [0.1, 0.15) is 45.2 Å². The van der Waals surface area contributed by atoms with Crippen molar-refractivity contribution in [2.75, 3.05) is 18.5 Å². The highest BCUT2D eigenvalue weighted by molar-refractivity contribution is 5.93. The summed E-state index contributed by atoms with van der Waals surface area (Å²) in [5.74, 6) is 0.0127. The maximum atomic E-state index is 12.1. The van der Waals surface area contributed by atoms with E-state index in [2.05, 4.69) is 22.9 Å². The minimum atomic E-state index is -0.659. The highest BCUT2D eigenvalue weighted by Crippen LogP contribution is 2.14. The number of ether oxygens (including phenoxy) is 2. The van der Waals surface area contributed by atoms with Crippen LogP contribution in [-0.2, 0) is 27.3 Å². The first kappa shape index (κ1) is 25.7. The third-order valence-electron chi connectivity index (χ3n) is 4.32. The second-order valence-electron chi connectivity index (χ2n) is 8.56. The molecular formula is C25H33N3O5. The molecule has 0 aromatic heterocycles. The van der Waals surface area contributed by atoms with Crippen LogP contribution >= 0.6 is 0 Å². The van der Waals surface area contributed by atoms with Gasteiger partial charge in [-0.15, -0.1) is 0 Å². The zero-order chi connectivity index (χ0) is 24.3. The molecule has 0 saturated carbocycles. The lowest BCUT2D eigenvalue weighted by molar-refractivity contribution is -0.123. The fourth-order valence-electron chi connectivity index (χ4n) is 2.87. The molecule has 0 aliphatic heterocycles. The fraction of sp³-hybridized carbons (Fsp3) is 0.400. The van der Waals surface area contributed by atoms with E-state index in [9.17, 15) is 14.4 Å². The first-order valence-corrected chi connectivity index (χ1v) is 11.0. The molecule has 2 aromatic carbocycles. The molecule has 0 atom stereocenters. The maximum absolute atomic E-state index is 12.1. The van der Waals surface area contributed by atoms with Crippen LogP contribution in [0.5, 0.6) is 5.75 Å². The van der Waals surface area contributed by atoms with Crippen LogP contribution in [0.4, 0.5) is 10.5 Å². The smallest absolute Gasteiger partial charge is 0.408 e. The molecule has 8 nitrogen and oxygen atoms in total. The number of alkyl carbamates (subject to hydrolysis) is 1. The van der Waals surface area contributed by atoms with E-state index in [1.807, 2.05) is 30.3 Å². The standard InChI is InChI=1S/C25H33N3O5/c1-5-7-18-10-12-21(13-11-18)32-17-23(30)26-15-19-8-6-9-20(14-19)28-22(29)16-27-24(31)33-25(2,3)4/h6,8-14H,5,7,15-17H2,1-4H3,(H,26,30)(H,27,31)(H,28,29). The zero-order valence-electron chi connectivity index (χ0n) is 19.7. The molecule has 8 heteroatoms. The number of nitrogens with one attached hydrogen (secondary N) is 3. The van der Waals surface area contributed by atoms with E-state index in [4.69, 9.17) is 9.47 Å². The Labute approximate surface area is 195 Å². The van der Waals surface area contributed by atoms with Crippen molar-refractivity contribution in [3.63, 3.8) is 0 Å². The maximum Gasteiger partial charge on any atom is 0.408 e. The van der Waals surface area contributed by atoms with E-state index >= 15 is 0 Å². The predicted octanol–water partition coefficient (Wildman–Crippen LogP) is 3.80. The normalized spacial score (nSPS) is 10.8. The Morgan fingerprint density at radius 1 is 0.909 bits per heavy atom. The van der Waals surface area contributed by atoms with Gasteiger partial charge in [0.2, 0.25) is 5.91 Å². The number of rotatable bonds is 10. The van der Waals surface area contributed by atoms with E-state index in [0.717, 1.165) is 18.4 Å². The van der Waals surface area contributed by atoms with Gasteiger partial charge in [-0.1, -0.05) is 37.6 Å². The largest absolute Gasteiger partial charge is 0.484 e. The summed E-state index contributed by atoms with van der Waals surface area (Å²) in [5.41, 5.74) is 1.97. The lowest BCUT2D eigenvalue weighted by Gasteiger charge is -2.19. The quantitative estimate of drug-likeness (QED) is 0.505. The molecule has 3 amide bonds. The van der Waals surface area contributed by atoms with Crippen molar-refractivity contribution < 1.29 is 23.9 Å². The molecule has 0 unspecified atom stereocenters. The minimum Gasteiger partial charge on any atom is -0.484 e. The van der Waals surface area contributed by atoms with Crippen molar-refractivity contribution in [1.82, 2.24) is 10.6 Å². The van der Waals surface area contributed by atoms with Crippen LogP contribution in [-0.4, -0.2) is 36.7 Å². The van der Waals surface area contributed by atoms with Gasteiger partial charge in [0, 0.05) is 12.2 Å². The summed E-state index contributed by atoms with van der Waals surface area (Å²) in [5, 5.41) is 7.90. The van der Waals surface area contributed by atoms with E-state index in [0.29, 0.717) is 11.4 Å². The van der Waals surface area contributed by atoms with E-state index < -0.39 is 11.7 Å². The average Bonchev–Trinajstić information content (AvgIpc) is 2.75. The SMILES string of the molecule is CCCc1ccc(OCC(=O)NCc2cccc(NC(=O)CNC(=O)OC(C)(C)C)c2)cc1. The fourth-order valence-corrected chi connectivity index (χ4v) is 2.87. The zero-order valence-corrected chi connectivity index (χ0v) is 19.7. The van der Waals surface area contributed by atoms with Gasteiger partial charge in [0.1, 0.15) is 17.9 Å². The van der Waals surface area contributed by atoms with Crippen molar-refractivity contribution in [1.29, 1.82) is 0 Å². The molecule has 0 radical (unpaired) electrons. The Morgan fingerprint density at radius 2 is 1.64 bits per heavy atom. The van der Waals surface area contributed by atoms with Crippen molar-refractivity contribution in [3.05, 3.63) is 59.7 Å². The molecule has 0 fully saturated rings. The molecular weight excluding hydrogens is 422 g/mol. The molecule has 2 aromatic rings. The Balaban J connectivity index is 1.74. The van der Waals surface area contributed by atoms with Gasteiger partial charge in [-0.25, -0.2) is 4.79 Å². The van der Waals surface area contributed by atoms with E-state index in [1.54, 1.807) is 39.0 Å². The number of carbonyl (C=O) groups is 3. The summed E-state index contributed by atoms with van der Waals surface area (Å²) >= 11 is 0. The number of hydrogen-bond acceptors (Lipinski definition) is 5. The van der Waals surface area contributed by atoms with Gasteiger partial charge in [-0.05, 0) is 62.6 Å². The summed E-state index contributed by atoms with van der Waals surface area (Å²) in [7, 11) is 0. The van der Waals surface area contributed by atoms with Gasteiger partial charge in [0.25, 0.3) is 5.91 Å². The van der Waals surface area contributed by atoms with Crippen LogP contribution in [0, 0.1) is 0 Å². The van der Waals surface area contributed by atoms with E-state index in [-0.39, 0.29) is 31.5 Å². The second kappa shape index (κ2) is 12.5. The summed E-state index contributed by atoms with van der Waals surface area (Å²) in [4.78, 5) is 35.8.